The van der Waals surface area contributed by atoms with Crippen LogP contribution >= 0.6 is 11.6 Å². The third kappa shape index (κ3) is 2.76. The summed E-state index contributed by atoms with van der Waals surface area (Å²) in [6.45, 7) is 3.32. The van der Waals surface area contributed by atoms with E-state index in [1.807, 2.05) is 6.07 Å². The molecular weight excluding hydrogens is 254 g/mol. The lowest BCUT2D eigenvalue weighted by molar-refractivity contribution is -0.138. The zero-order valence-corrected chi connectivity index (χ0v) is 11.2. The number of ether oxygens (including phenoxy) is 2. The Bertz CT molecular complexity index is 450. The van der Waals surface area contributed by atoms with Crippen molar-refractivity contribution in [1.82, 2.24) is 4.90 Å². The number of benzene rings is 1. The third-order valence-electron chi connectivity index (χ3n) is 2.91. The molecule has 1 aliphatic heterocycles. The Hall–Kier alpha value is -1.26. The molecule has 2 rings (SSSR count). The van der Waals surface area contributed by atoms with Gasteiger partial charge in [0.05, 0.1) is 6.61 Å². The minimum Gasteiger partial charge on any atom is -0.481 e. The number of rotatable bonds is 3. The molecule has 0 aromatic heterocycles. The van der Waals surface area contributed by atoms with Crippen molar-refractivity contribution in [1.29, 1.82) is 0 Å². The molecule has 0 saturated heterocycles. The molecule has 1 heterocycles. The summed E-state index contributed by atoms with van der Waals surface area (Å²) in [6, 6.07) is 5.41. The smallest absolute Gasteiger partial charge is 0.263 e. The molecule has 1 atom stereocenters. The number of carbonyl (C=O) groups excluding carboxylic acids is 1. The van der Waals surface area contributed by atoms with Crippen LogP contribution in [0.5, 0.6) is 5.75 Å². The zero-order valence-electron chi connectivity index (χ0n) is 10.5. The van der Waals surface area contributed by atoms with E-state index in [4.69, 9.17) is 21.1 Å². The summed E-state index contributed by atoms with van der Waals surface area (Å²) in [6.07, 6.45) is -0.482. The molecule has 0 fully saturated rings. The fourth-order valence-electron chi connectivity index (χ4n) is 1.96. The van der Waals surface area contributed by atoms with Gasteiger partial charge in [-0.3, -0.25) is 4.79 Å². The van der Waals surface area contributed by atoms with Gasteiger partial charge in [0.25, 0.3) is 5.91 Å². The summed E-state index contributed by atoms with van der Waals surface area (Å²) >= 11 is 5.97. The van der Waals surface area contributed by atoms with Gasteiger partial charge in [0.2, 0.25) is 0 Å². The van der Waals surface area contributed by atoms with Crippen LogP contribution in [0.2, 0.25) is 5.02 Å². The van der Waals surface area contributed by atoms with Gasteiger partial charge in [0, 0.05) is 30.8 Å². The maximum Gasteiger partial charge on any atom is 0.263 e. The first-order chi connectivity index (χ1) is 8.61. The molecule has 0 bridgehead atoms. The highest BCUT2D eigenvalue weighted by molar-refractivity contribution is 6.30. The van der Waals surface area contributed by atoms with E-state index in [0.29, 0.717) is 24.7 Å². The number of nitrogens with zero attached hydrogens (tertiary/aromatic N) is 1. The van der Waals surface area contributed by atoms with Crippen molar-refractivity contribution in [3.05, 3.63) is 28.8 Å². The van der Waals surface area contributed by atoms with Crippen molar-refractivity contribution in [2.45, 2.75) is 19.6 Å². The molecule has 98 valence electrons. The molecule has 4 nitrogen and oxygen atoms in total. The summed E-state index contributed by atoms with van der Waals surface area (Å²) in [5, 5.41) is 0.644. The average Bonchev–Trinajstić information content (AvgIpc) is 2.46. The molecule has 0 aliphatic carbocycles. The van der Waals surface area contributed by atoms with Crippen LogP contribution in [-0.4, -0.2) is 37.2 Å². The van der Waals surface area contributed by atoms with Crippen LogP contribution in [0.1, 0.15) is 12.5 Å². The van der Waals surface area contributed by atoms with E-state index in [9.17, 15) is 4.79 Å². The van der Waals surface area contributed by atoms with E-state index < -0.39 is 6.10 Å². The van der Waals surface area contributed by atoms with Crippen molar-refractivity contribution < 1.29 is 14.3 Å². The molecule has 0 saturated carbocycles. The van der Waals surface area contributed by atoms with Gasteiger partial charge in [0.15, 0.2) is 6.10 Å². The van der Waals surface area contributed by atoms with Crippen LogP contribution in [0.3, 0.4) is 0 Å². The highest BCUT2D eigenvalue weighted by Gasteiger charge is 2.27. The predicted molar refractivity (Wildman–Crippen MR) is 68.8 cm³/mol. The standard InChI is InChI=1S/C13H16ClNO3/c1-9-13(16)15(5-6-17-2)8-10-7-11(14)3-4-12(10)18-9/h3-4,7,9H,5-6,8H2,1-2H3/t9-/m0/s1. The van der Waals surface area contributed by atoms with Crippen LogP contribution in [0, 0.1) is 0 Å². The Kier molecular flexibility index (Phi) is 4.09. The van der Waals surface area contributed by atoms with Gasteiger partial charge in [-0.05, 0) is 25.1 Å². The molecule has 0 radical (unpaired) electrons. The zero-order chi connectivity index (χ0) is 13.1. The van der Waals surface area contributed by atoms with Gasteiger partial charge in [-0.15, -0.1) is 0 Å². The van der Waals surface area contributed by atoms with Crippen LogP contribution in [-0.2, 0) is 16.1 Å². The highest BCUT2D eigenvalue weighted by Crippen LogP contribution is 2.28. The van der Waals surface area contributed by atoms with Crippen molar-refractivity contribution in [2.75, 3.05) is 20.3 Å². The molecule has 0 unspecified atom stereocenters. The lowest BCUT2D eigenvalue weighted by Gasteiger charge is -2.21. The van der Waals surface area contributed by atoms with E-state index in [0.717, 1.165) is 11.3 Å². The SMILES string of the molecule is COCCN1Cc2cc(Cl)ccc2O[C@@H](C)C1=O. The first-order valence-electron chi connectivity index (χ1n) is 5.84. The number of carbonyl (C=O) groups is 1. The quantitative estimate of drug-likeness (QED) is 0.843. The maximum atomic E-state index is 12.1. The maximum absolute atomic E-state index is 12.1. The normalized spacial score (nSPS) is 19.2. The summed E-state index contributed by atoms with van der Waals surface area (Å²) in [7, 11) is 1.62. The number of hydrogen-bond donors (Lipinski definition) is 0. The highest BCUT2D eigenvalue weighted by atomic mass is 35.5. The van der Waals surface area contributed by atoms with Crippen molar-refractivity contribution >= 4 is 17.5 Å². The minimum atomic E-state index is -0.482. The van der Waals surface area contributed by atoms with Gasteiger partial charge in [-0.2, -0.15) is 0 Å². The lowest BCUT2D eigenvalue weighted by atomic mass is 10.2. The van der Waals surface area contributed by atoms with Gasteiger partial charge >= 0.3 is 0 Å². The lowest BCUT2D eigenvalue weighted by Crippen LogP contribution is -2.39. The Morgan fingerprint density at radius 2 is 2.33 bits per heavy atom. The monoisotopic (exact) mass is 269 g/mol. The molecule has 0 spiro atoms. The number of halogens is 1. The second-order valence-electron chi connectivity index (χ2n) is 4.26. The van der Waals surface area contributed by atoms with Gasteiger partial charge in [-0.1, -0.05) is 11.6 Å². The Morgan fingerprint density at radius 3 is 3.06 bits per heavy atom. The van der Waals surface area contributed by atoms with Gasteiger partial charge in [-0.25, -0.2) is 0 Å². The number of amides is 1. The fourth-order valence-corrected chi connectivity index (χ4v) is 2.15. The van der Waals surface area contributed by atoms with Crippen molar-refractivity contribution in [3.63, 3.8) is 0 Å². The molecular formula is C13H16ClNO3. The van der Waals surface area contributed by atoms with Gasteiger partial charge < -0.3 is 14.4 Å². The topological polar surface area (TPSA) is 38.8 Å². The van der Waals surface area contributed by atoms with Crippen LogP contribution in [0.25, 0.3) is 0 Å². The summed E-state index contributed by atoms with van der Waals surface area (Å²) in [5.74, 6) is 0.694. The number of methoxy groups -OCH3 is 1. The third-order valence-corrected chi connectivity index (χ3v) is 3.15. The van der Waals surface area contributed by atoms with Crippen LogP contribution in [0.4, 0.5) is 0 Å². The van der Waals surface area contributed by atoms with Crippen LogP contribution < -0.4 is 4.74 Å². The molecule has 0 N–H and O–H groups in total. The second-order valence-corrected chi connectivity index (χ2v) is 4.70. The first kappa shape index (κ1) is 13.2. The first-order valence-corrected chi connectivity index (χ1v) is 6.22. The Balaban J connectivity index is 2.27. The molecule has 1 aliphatic rings. The summed E-state index contributed by atoms with van der Waals surface area (Å²) in [4.78, 5) is 13.8. The van der Waals surface area contributed by atoms with E-state index in [1.165, 1.54) is 0 Å². The van der Waals surface area contributed by atoms with E-state index in [2.05, 4.69) is 0 Å². The number of hydrogen-bond acceptors (Lipinski definition) is 3. The van der Waals surface area contributed by atoms with Crippen molar-refractivity contribution in [3.8, 4) is 5.75 Å². The van der Waals surface area contributed by atoms with Crippen molar-refractivity contribution in [2.24, 2.45) is 0 Å². The molecule has 1 amide bonds. The summed E-state index contributed by atoms with van der Waals surface area (Å²) in [5.41, 5.74) is 0.927. The fraction of sp³-hybridized carbons (Fsp3) is 0.462. The predicted octanol–water partition coefficient (Wildman–Crippen LogP) is 2.10. The molecule has 5 heteroatoms. The van der Waals surface area contributed by atoms with E-state index in [1.54, 1.807) is 31.1 Å². The molecule has 1 aromatic carbocycles. The average molecular weight is 270 g/mol. The van der Waals surface area contributed by atoms with E-state index >= 15 is 0 Å². The second kappa shape index (κ2) is 5.59. The van der Waals surface area contributed by atoms with E-state index in [-0.39, 0.29) is 5.91 Å². The van der Waals surface area contributed by atoms with Crippen LogP contribution in [0.15, 0.2) is 18.2 Å². The Morgan fingerprint density at radius 1 is 1.56 bits per heavy atom. The molecule has 1 aromatic rings. The van der Waals surface area contributed by atoms with Gasteiger partial charge in [0.1, 0.15) is 5.75 Å². The largest absolute Gasteiger partial charge is 0.481 e. The minimum absolute atomic E-state index is 0.0284. The number of fused-ring (bicyclic) bond motifs is 1. The summed E-state index contributed by atoms with van der Waals surface area (Å²) < 4.78 is 10.7. The molecule has 18 heavy (non-hydrogen) atoms. The Labute approximate surface area is 111 Å².